The topological polar surface area (TPSA) is 129 Å². The maximum atomic E-state index is 13.9. The van der Waals surface area contributed by atoms with Gasteiger partial charge in [-0.2, -0.15) is 0 Å². The first-order chi connectivity index (χ1) is 16.4. The van der Waals surface area contributed by atoms with Crippen LogP contribution >= 0.6 is 0 Å². The van der Waals surface area contributed by atoms with Gasteiger partial charge in [0.1, 0.15) is 40.6 Å². The van der Waals surface area contributed by atoms with E-state index in [1.807, 2.05) is 4.90 Å². The van der Waals surface area contributed by atoms with Crippen molar-refractivity contribution in [3.05, 3.63) is 23.3 Å². The fraction of sp³-hybridized carbons (Fsp3) is 0.565. The molecule has 2 fully saturated rings. The first-order valence-electron chi connectivity index (χ1n) is 11.9. The van der Waals surface area contributed by atoms with Crippen molar-refractivity contribution in [2.75, 3.05) is 43.4 Å². The molecule has 10 nitrogen and oxygen atoms in total. The highest BCUT2D eigenvalue weighted by molar-refractivity contribution is 7.91. The molecule has 5 heterocycles. The minimum absolute atomic E-state index is 0.0474. The van der Waals surface area contributed by atoms with E-state index in [0.717, 1.165) is 54.8 Å². The van der Waals surface area contributed by atoms with Crippen molar-refractivity contribution in [2.24, 2.45) is 0 Å². The van der Waals surface area contributed by atoms with Gasteiger partial charge in [0.15, 0.2) is 5.76 Å². The summed E-state index contributed by atoms with van der Waals surface area (Å²) < 4.78 is 19.7. The van der Waals surface area contributed by atoms with Gasteiger partial charge in [-0.3, -0.25) is 9.69 Å². The van der Waals surface area contributed by atoms with E-state index in [9.17, 15) is 9.35 Å². The number of amides is 1. The van der Waals surface area contributed by atoms with E-state index in [-0.39, 0.29) is 17.9 Å². The van der Waals surface area contributed by atoms with Gasteiger partial charge in [-0.15, -0.1) is 0 Å². The number of hydrogen-bond acceptors (Lipinski definition) is 8. The molecule has 3 aromatic heterocycles. The van der Waals surface area contributed by atoms with Crippen LogP contribution in [-0.4, -0.2) is 77.6 Å². The second-order valence-corrected chi connectivity index (χ2v) is 11.4. The normalized spacial score (nSPS) is 19.6. The van der Waals surface area contributed by atoms with Gasteiger partial charge in [0.2, 0.25) is 0 Å². The number of fused-ring (bicyclic) bond motifs is 5. The van der Waals surface area contributed by atoms with Crippen LogP contribution < -0.4 is 5.73 Å². The zero-order chi connectivity index (χ0) is 23.6. The Morgan fingerprint density at radius 2 is 1.97 bits per heavy atom. The average Bonchev–Trinajstić information content (AvgIpc) is 3.50. The molecule has 0 radical (unpaired) electrons. The molecule has 0 bridgehead atoms. The lowest BCUT2D eigenvalue weighted by Gasteiger charge is -2.30. The Kier molecular flexibility index (Phi) is 5.30. The molecule has 180 valence electrons. The SMILES string of the molecule is CC(C)n1c2c(c3c(N)ncnc31)-c1noc(C3CC3)c1C(=O)N(CCN1CC[S+]([O-])CC1)C2. The molecule has 0 aromatic carbocycles. The molecule has 0 unspecified atom stereocenters. The van der Waals surface area contributed by atoms with Crippen LogP contribution in [0.1, 0.15) is 60.5 Å². The molecule has 34 heavy (non-hydrogen) atoms. The zero-order valence-corrected chi connectivity index (χ0v) is 20.3. The third kappa shape index (κ3) is 3.48. The van der Waals surface area contributed by atoms with Crippen LogP contribution in [0.4, 0.5) is 5.82 Å². The highest BCUT2D eigenvalue weighted by Gasteiger charge is 2.41. The van der Waals surface area contributed by atoms with Crippen molar-refractivity contribution in [3.8, 4) is 11.3 Å². The quantitative estimate of drug-likeness (QED) is 0.547. The fourth-order valence-electron chi connectivity index (χ4n) is 5.23. The number of nitrogens with two attached hydrogens (primary N) is 1. The molecule has 1 aliphatic carbocycles. The molecule has 0 spiro atoms. The molecule has 1 saturated heterocycles. The van der Waals surface area contributed by atoms with Crippen molar-refractivity contribution in [1.82, 2.24) is 29.5 Å². The molecule has 2 N–H and O–H groups in total. The van der Waals surface area contributed by atoms with Gasteiger partial charge in [-0.05, 0) is 26.7 Å². The van der Waals surface area contributed by atoms with Crippen LogP contribution in [0.3, 0.4) is 0 Å². The lowest BCUT2D eigenvalue weighted by molar-refractivity contribution is 0.0720. The zero-order valence-electron chi connectivity index (χ0n) is 19.5. The van der Waals surface area contributed by atoms with Crippen LogP contribution in [0, 0.1) is 0 Å². The smallest absolute Gasteiger partial charge is 0.260 e. The Labute approximate surface area is 200 Å². The molecule has 6 rings (SSSR count). The van der Waals surface area contributed by atoms with Crippen LogP contribution in [0.5, 0.6) is 0 Å². The van der Waals surface area contributed by atoms with E-state index in [0.29, 0.717) is 47.4 Å². The molecule has 1 saturated carbocycles. The summed E-state index contributed by atoms with van der Waals surface area (Å²) >= 11 is -0.725. The van der Waals surface area contributed by atoms with Crippen molar-refractivity contribution in [2.45, 2.75) is 45.2 Å². The Bertz CT molecular complexity index is 1260. The van der Waals surface area contributed by atoms with Crippen LogP contribution in [0.2, 0.25) is 0 Å². The van der Waals surface area contributed by atoms with Crippen LogP contribution in [0.25, 0.3) is 22.3 Å². The molecule has 11 heteroatoms. The Balaban J connectivity index is 1.48. The second-order valence-electron chi connectivity index (χ2n) is 9.70. The summed E-state index contributed by atoms with van der Waals surface area (Å²) in [6.07, 6.45) is 3.50. The number of rotatable bonds is 5. The minimum Gasteiger partial charge on any atom is -0.616 e. The third-order valence-electron chi connectivity index (χ3n) is 7.13. The monoisotopic (exact) mass is 483 g/mol. The van der Waals surface area contributed by atoms with E-state index in [1.165, 1.54) is 6.33 Å². The molecule has 1 amide bonds. The Morgan fingerprint density at radius 3 is 2.68 bits per heavy atom. The van der Waals surface area contributed by atoms with E-state index in [4.69, 9.17) is 10.3 Å². The summed E-state index contributed by atoms with van der Waals surface area (Å²) in [7, 11) is 0. The summed E-state index contributed by atoms with van der Waals surface area (Å²) in [5.41, 5.74) is 10.0. The summed E-state index contributed by atoms with van der Waals surface area (Å²) in [6, 6.07) is 0.103. The van der Waals surface area contributed by atoms with E-state index >= 15 is 0 Å². The average molecular weight is 484 g/mol. The van der Waals surface area contributed by atoms with Gasteiger partial charge in [0.25, 0.3) is 5.91 Å². The van der Waals surface area contributed by atoms with Crippen molar-refractivity contribution >= 4 is 33.9 Å². The van der Waals surface area contributed by atoms with E-state index in [2.05, 4.69) is 38.4 Å². The number of hydrogen-bond donors (Lipinski definition) is 1. The van der Waals surface area contributed by atoms with Crippen molar-refractivity contribution in [3.63, 3.8) is 0 Å². The minimum atomic E-state index is -0.725. The largest absolute Gasteiger partial charge is 0.616 e. The Morgan fingerprint density at radius 1 is 1.21 bits per heavy atom. The summed E-state index contributed by atoms with van der Waals surface area (Å²) in [5.74, 6) is 2.65. The molecule has 3 aromatic rings. The highest BCUT2D eigenvalue weighted by atomic mass is 32.2. The summed E-state index contributed by atoms with van der Waals surface area (Å²) in [6.45, 7) is 7.53. The number of nitrogen functional groups attached to an aromatic ring is 1. The van der Waals surface area contributed by atoms with Crippen molar-refractivity contribution in [1.29, 1.82) is 0 Å². The lowest BCUT2D eigenvalue weighted by Crippen LogP contribution is -2.45. The maximum absolute atomic E-state index is 13.9. The second kappa shape index (κ2) is 8.24. The fourth-order valence-corrected chi connectivity index (χ4v) is 6.36. The predicted octanol–water partition coefficient (Wildman–Crippen LogP) is 2.15. The van der Waals surface area contributed by atoms with Crippen LogP contribution in [-0.2, 0) is 17.7 Å². The molecular weight excluding hydrogens is 454 g/mol. The maximum Gasteiger partial charge on any atom is 0.260 e. The number of nitrogens with zero attached hydrogens (tertiary/aromatic N) is 6. The van der Waals surface area contributed by atoms with Gasteiger partial charge in [0.05, 0.1) is 11.9 Å². The first-order valence-corrected chi connectivity index (χ1v) is 13.4. The van der Waals surface area contributed by atoms with Gasteiger partial charge < -0.3 is 24.3 Å². The molecule has 2 aliphatic heterocycles. The van der Waals surface area contributed by atoms with E-state index in [1.54, 1.807) is 0 Å². The first kappa shape index (κ1) is 21.9. The molecule has 0 atom stereocenters. The summed E-state index contributed by atoms with van der Waals surface area (Å²) in [5, 5.41) is 5.17. The van der Waals surface area contributed by atoms with Gasteiger partial charge >= 0.3 is 0 Å². The van der Waals surface area contributed by atoms with Crippen molar-refractivity contribution < 1.29 is 13.9 Å². The third-order valence-corrected chi connectivity index (χ3v) is 8.41. The number of carbonyl (C=O) groups is 1. The summed E-state index contributed by atoms with van der Waals surface area (Å²) in [4.78, 5) is 26.9. The van der Waals surface area contributed by atoms with Gasteiger partial charge in [-0.25, -0.2) is 9.97 Å². The van der Waals surface area contributed by atoms with Crippen LogP contribution in [0.15, 0.2) is 10.9 Å². The lowest BCUT2D eigenvalue weighted by atomic mass is 10.0. The number of aromatic nitrogens is 4. The predicted molar refractivity (Wildman–Crippen MR) is 129 cm³/mol. The van der Waals surface area contributed by atoms with E-state index < -0.39 is 11.2 Å². The van der Waals surface area contributed by atoms with Gasteiger partial charge in [0, 0.05) is 49.4 Å². The Hall–Kier alpha value is -2.63. The molecule has 3 aliphatic rings. The van der Waals surface area contributed by atoms with Gasteiger partial charge in [-0.1, -0.05) is 16.3 Å². The highest BCUT2D eigenvalue weighted by Crippen LogP contribution is 2.48. The standard InChI is InChI=1S/C23H29N7O3S/c1-13(2)30-15-11-29(6-5-28-7-9-34(32)10-8-28)23(31)18-19(27-33-20(18)14-3-4-14)16(15)17-21(24)25-12-26-22(17)30/h12-14H,3-11H2,1-2H3,(H2,24,25,26). The molecular formula is C23H29N7O3S. The number of carbonyl (C=O) groups excluding carboxylic acids is 1. The number of anilines is 1.